The molecule has 4 nitrogen and oxygen atoms in total. The standard InChI is InChI=1S/C11H21NO3S/c1-12(9-6-7-16(14,15)8-9)10-4-2-3-5-11(10)13/h9-11,13H,2-8H2,1H3/t9?,10-,11-/m0/s1. The van der Waals surface area contributed by atoms with E-state index in [4.69, 9.17) is 0 Å². The van der Waals surface area contributed by atoms with E-state index in [1.54, 1.807) is 0 Å². The molecule has 0 bridgehead atoms. The number of aliphatic hydroxyl groups is 1. The fourth-order valence-electron chi connectivity index (χ4n) is 2.93. The van der Waals surface area contributed by atoms with Crippen LogP contribution in [-0.4, -0.2) is 55.2 Å². The van der Waals surface area contributed by atoms with Crippen molar-refractivity contribution in [3.8, 4) is 0 Å². The summed E-state index contributed by atoms with van der Waals surface area (Å²) >= 11 is 0. The first-order valence-corrected chi connectivity index (χ1v) is 7.92. The fourth-order valence-corrected chi connectivity index (χ4v) is 4.72. The highest BCUT2D eigenvalue weighted by molar-refractivity contribution is 7.91. The van der Waals surface area contributed by atoms with Crippen LogP contribution in [0.15, 0.2) is 0 Å². The third-order valence-electron chi connectivity index (χ3n) is 4.00. The van der Waals surface area contributed by atoms with E-state index in [0.29, 0.717) is 5.75 Å². The summed E-state index contributed by atoms with van der Waals surface area (Å²) in [5, 5.41) is 9.94. The van der Waals surface area contributed by atoms with Crippen molar-refractivity contribution in [2.24, 2.45) is 0 Å². The summed E-state index contributed by atoms with van der Waals surface area (Å²) in [5.74, 6) is 0.581. The molecule has 1 saturated heterocycles. The maximum Gasteiger partial charge on any atom is 0.151 e. The molecule has 2 rings (SSSR count). The minimum Gasteiger partial charge on any atom is -0.391 e. The van der Waals surface area contributed by atoms with E-state index in [2.05, 4.69) is 4.90 Å². The molecule has 1 heterocycles. The second kappa shape index (κ2) is 4.63. The normalized spacial score (nSPS) is 39.1. The van der Waals surface area contributed by atoms with E-state index in [9.17, 15) is 13.5 Å². The summed E-state index contributed by atoms with van der Waals surface area (Å²) in [5.41, 5.74) is 0. The van der Waals surface area contributed by atoms with Crippen molar-refractivity contribution in [3.05, 3.63) is 0 Å². The Morgan fingerprint density at radius 2 is 1.88 bits per heavy atom. The first kappa shape index (κ1) is 12.3. The Hall–Kier alpha value is -0.130. The number of likely N-dealkylation sites (N-methyl/N-ethyl adjacent to an activating group) is 1. The number of aliphatic hydroxyl groups excluding tert-OH is 1. The Balaban J connectivity index is 1.99. The molecule has 1 saturated carbocycles. The van der Waals surface area contributed by atoms with Gasteiger partial charge in [-0.1, -0.05) is 12.8 Å². The van der Waals surface area contributed by atoms with Gasteiger partial charge in [0.25, 0.3) is 0 Å². The van der Waals surface area contributed by atoms with Crippen molar-refractivity contribution in [2.45, 2.75) is 50.3 Å². The van der Waals surface area contributed by atoms with E-state index in [-0.39, 0.29) is 23.9 Å². The molecule has 2 aliphatic rings. The Morgan fingerprint density at radius 3 is 2.44 bits per heavy atom. The van der Waals surface area contributed by atoms with Gasteiger partial charge in [-0.2, -0.15) is 0 Å². The maximum absolute atomic E-state index is 11.4. The van der Waals surface area contributed by atoms with Crippen LogP contribution < -0.4 is 0 Å². The lowest BCUT2D eigenvalue weighted by Gasteiger charge is -2.38. The summed E-state index contributed by atoms with van der Waals surface area (Å²) < 4.78 is 22.8. The molecule has 0 spiro atoms. The van der Waals surface area contributed by atoms with Gasteiger partial charge in [0, 0.05) is 12.1 Å². The zero-order valence-electron chi connectivity index (χ0n) is 9.80. The number of sulfone groups is 1. The van der Waals surface area contributed by atoms with Crippen LogP contribution in [0.25, 0.3) is 0 Å². The third-order valence-corrected chi connectivity index (χ3v) is 5.75. The highest BCUT2D eigenvalue weighted by Gasteiger charge is 2.36. The first-order valence-electron chi connectivity index (χ1n) is 6.10. The maximum atomic E-state index is 11.4. The number of hydrogen-bond acceptors (Lipinski definition) is 4. The van der Waals surface area contributed by atoms with Gasteiger partial charge in [0.1, 0.15) is 0 Å². The van der Waals surface area contributed by atoms with Gasteiger partial charge in [-0.05, 0) is 26.3 Å². The van der Waals surface area contributed by atoms with Gasteiger partial charge in [-0.3, -0.25) is 4.90 Å². The molecule has 1 N–H and O–H groups in total. The van der Waals surface area contributed by atoms with Gasteiger partial charge in [0.2, 0.25) is 0 Å². The molecule has 1 aliphatic carbocycles. The zero-order chi connectivity index (χ0) is 11.8. The summed E-state index contributed by atoms with van der Waals surface area (Å²) in [6.07, 6.45) is 4.53. The van der Waals surface area contributed by atoms with E-state index < -0.39 is 9.84 Å². The third kappa shape index (κ3) is 2.57. The summed E-state index contributed by atoms with van der Waals surface area (Å²) in [7, 11) is -0.857. The minimum absolute atomic E-state index is 0.114. The topological polar surface area (TPSA) is 57.6 Å². The van der Waals surface area contributed by atoms with Gasteiger partial charge in [0.15, 0.2) is 9.84 Å². The van der Waals surface area contributed by atoms with Crippen molar-refractivity contribution >= 4 is 9.84 Å². The average molecular weight is 247 g/mol. The summed E-state index contributed by atoms with van der Waals surface area (Å²) in [4.78, 5) is 2.11. The number of rotatable bonds is 2. The van der Waals surface area contributed by atoms with Crippen molar-refractivity contribution in [3.63, 3.8) is 0 Å². The van der Waals surface area contributed by atoms with Crippen LogP contribution >= 0.6 is 0 Å². The van der Waals surface area contributed by atoms with Gasteiger partial charge >= 0.3 is 0 Å². The molecule has 0 aromatic rings. The first-order chi connectivity index (χ1) is 7.49. The summed E-state index contributed by atoms with van der Waals surface area (Å²) in [6.45, 7) is 0. The Bertz CT molecular complexity index is 341. The van der Waals surface area contributed by atoms with Gasteiger partial charge < -0.3 is 5.11 Å². The van der Waals surface area contributed by atoms with Gasteiger partial charge in [0.05, 0.1) is 17.6 Å². The quantitative estimate of drug-likeness (QED) is 0.768. The zero-order valence-corrected chi connectivity index (χ0v) is 10.6. The van der Waals surface area contributed by atoms with E-state index in [1.807, 2.05) is 7.05 Å². The predicted molar refractivity (Wildman–Crippen MR) is 63.1 cm³/mol. The molecule has 5 heteroatoms. The number of nitrogens with zero attached hydrogens (tertiary/aromatic N) is 1. The largest absolute Gasteiger partial charge is 0.391 e. The molecule has 3 atom stereocenters. The minimum atomic E-state index is -2.82. The van der Waals surface area contributed by atoms with Crippen LogP contribution in [-0.2, 0) is 9.84 Å². The van der Waals surface area contributed by atoms with E-state index in [0.717, 1.165) is 32.1 Å². The Morgan fingerprint density at radius 1 is 1.19 bits per heavy atom. The second-order valence-electron chi connectivity index (χ2n) is 5.14. The van der Waals surface area contributed by atoms with Gasteiger partial charge in [-0.25, -0.2) is 8.42 Å². The number of hydrogen-bond donors (Lipinski definition) is 1. The molecule has 0 aromatic carbocycles. The highest BCUT2D eigenvalue weighted by Crippen LogP contribution is 2.27. The fraction of sp³-hybridized carbons (Fsp3) is 1.00. The molecule has 2 fully saturated rings. The van der Waals surface area contributed by atoms with E-state index >= 15 is 0 Å². The Labute approximate surface area is 97.6 Å². The molecule has 0 aromatic heterocycles. The van der Waals surface area contributed by atoms with Crippen molar-refractivity contribution in [1.29, 1.82) is 0 Å². The summed E-state index contributed by atoms with van der Waals surface area (Å²) in [6, 6.07) is 0.273. The van der Waals surface area contributed by atoms with Crippen LogP contribution in [0.5, 0.6) is 0 Å². The lowest BCUT2D eigenvalue weighted by molar-refractivity contribution is 0.0173. The van der Waals surface area contributed by atoms with E-state index in [1.165, 1.54) is 0 Å². The van der Waals surface area contributed by atoms with Crippen molar-refractivity contribution in [1.82, 2.24) is 4.90 Å². The van der Waals surface area contributed by atoms with Crippen molar-refractivity contribution < 1.29 is 13.5 Å². The van der Waals surface area contributed by atoms with Crippen LogP contribution in [0.1, 0.15) is 32.1 Å². The van der Waals surface area contributed by atoms with Crippen molar-refractivity contribution in [2.75, 3.05) is 18.6 Å². The second-order valence-corrected chi connectivity index (χ2v) is 7.37. The van der Waals surface area contributed by atoms with Gasteiger partial charge in [-0.15, -0.1) is 0 Å². The highest BCUT2D eigenvalue weighted by atomic mass is 32.2. The molecule has 0 radical (unpaired) electrons. The average Bonchev–Trinajstić information content (AvgIpc) is 2.59. The van der Waals surface area contributed by atoms with Crippen LogP contribution in [0.2, 0.25) is 0 Å². The lowest BCUT2D eigenvalue weighted by Crippen LogP contribution is -2.48. The molecule has 94 valence electrons. The lowest BCUT2D eigenvalue weighted by atomic mass is 9.91. The molecule has 1 aliphatic heterocycles. The molecular formula is C11H21NO3S. The monoisotopic (exact) mass is 247 g/mol. The predicted octanol–water partition coefficient (Wildman–Crippen LogP) is 0.409. The molecule has 16 heavy (non-hydrogen) atoms. The smallest absolute Gasteiger partial charge is 0.151 e. The van der Waals surface area contributed by atoms with Crippen LogP contribution in [0.4, 0.5) is 0 Å². The molecular weight excluding hydrogens is 226 g/mol. The van der Waals surface area contributed by atoms with Crippen LogP contribution in [0.3, 0.4) is 0 Å². The SMILES string of the molecule is CN(C1CCS(=O)(=O)C1)[C@H]1CCCC[C@@H]1O. The molecule has 1 unspecified atom stereocenters. The van der Waals surface area contributed by atoms with Crippen LogP contribution in [0, 0.1) is 0 Å². The molecule has 0 amide bonds. The Kier molecular flexibility index (Phi) is 3.56.